The highest BCUT2D eigenvalue weighted by Gasteiger charge is 2.12. The Balaban J connectivity index is 2.49. The van der Waals surface area contributed by atoms with Crippen LogP contribution in [0.4, 0.5) is 0 Å². The minimum absolute atomic E-state index is 0.110. The molecule has 0 aliphatic rings. The van der Waals surface area contributed by atoms with E-state index < -0.39 is 0 Å². The van der Waals surface area contributed by atoms with E-state index in [1.807, 2.05) is 19.1 Å². The molecule has 1 unspecified atom stereocenters. The van der Waals surface area contributed by atoms with Crippen LogP contribution in [-0.4, -0.2) is 37.6 Å². The third-order valence-electron chi connectivity index (χ3n) is 2.52. The lowest BCUT2D eigenvalue weighted by Crippen LogP contribution is -2.27. The molecule has 4 nitrogen and oxygen atoms in total. The number of hydrogen-bond acceptors (Lipinski definition) is 3. The van der Waals surface area contributed by atoms with Gasteiger partial charge in [0.15, 0.2) is 0 Å². The molecule has 0 aromatic heterocycles. The summed E-state index contributed by atoms with van der Waals surface area (Å²) in [4.78, 5) is 12.3. The lowest BCUT2D eigenvalue weighted by atomic mass is 10.2. The first-order valence-electron chi connectivity index (χ1n) is 6.32. The van der Waals surface area contributed by atoms with Crippen LogP contribution < -0.4 is 10.1 Å². The molecule has 5 heteroatoms. The van der Waals surface area contributed by atoms with Gasteiger partial charge in [0.1, 0.15) is 5.75 Å². The second kappa shape index (κ2) is 8.93. The predicted octanol–water partition coefficient (Wildman–Crippen LogP) is 2.62. The van der Waals surface area contributed by atoms with Crippen molar-refractivity contribution in [1.82, 2.24) is 5.32 Å². The summed E-state index contributed by atoms with van der Waals surface area (Å²) >= 11 is 3.48. The minimum atomic E-state index is -0.110. The first-order chi connectivity index (χ1) is 9.19. The van der Waals surface area contributed by atoms with Gasteiger partial charge in [0.05, 0.1) is 18.8 Å². The van der Waals surface area contributed by atoms with Gasteiger partial charge < -0.3 is 14.8 Å². The molecule has 0 heterocycles. The molecule has 1 atom stereocenters. The molecule has 0 spiro atoms. The summed E-state index contributed by atoms with van der Waals surface area (Å²) in [7, 11) is 1.66. The van der Waals surface area contributed by atoms with Gasteiger partial charge in [0, 0.05) is 18.5 Å². The highest BCUT2D eigenvalue weighted by atomic mass is 79.9. The molecule has 0 saturated carbocycles. The number of halogens is 1. The fourth-order valence-electron chi connectivity index (χ4n) is 1.64. The molecule has 1 rings (SSSR count). The van der Waals surface area contributed by atoms with Crippen molar-refractivity contribution >= 4 is 21.8 Å². The van der Waals surface area contributed by atoms with Crippen LogP contribution in [0.15, 0.2) is 24.3 Å². The highest BCUT2D eigenvalue weighted by Crippen LogP contribution is 2.17. The molecule has 0 bridgehead atoms. The normalized spacial score (nSPS) is 11.9. The monoisotopic (exact) mass is 329 g/mol. The Kier molecular flexibility index (Phi) is 7.52. The maximum Gasteiger partial charge on any atom is 0.255 e. The molecule has 0 aliphatic heterocycles. The molecule has 106 valence electrons. The van der Waals surface area contributed by atoms with Crippen LogP contribution in [0.3, 0.4) is 0 Å². The Morgan fingerprint density at radius 3 is 2.84 bits per heavy atom. The fraction of sp³-hybridized carbons (Fsp3) is 0.500. The van der Waals surface area contributed by atoms with Gasteiger partial charge in [-0.2, -0.15) is 0 Å². The van der Waals surface area contributed by atoms with Gasteiger partial charge in [-0.15, -0.1) is 0 Å². The van der Waals surface area contributed by atoms with E-state index in [0.717, 1.165) is 6.42 Å². The molecule has 19 heavy (non-hydrogen) atoms. The number of nitrogens with one attached hydrogen (secondary N) is 1. The van der Waals surface area contributed by atoms with E-state index in [-0.39, 0.29) is 10.7 Å². The predicted molar refractivity (Wildman–Crippen MR) is 79.2 cm³/mol. The van der Waals surface area contributed by atoms with Crippen molar-refractivity contribution in [3.63, 3.8) is 0 Å². The third-order valence-corrected chi connectivity index (χ3v) is 3.24. The van der Waals surface area contributed by atoms with Gasteiger partial charge in [0.25, 0.3) is 5.91 Å². The zero-order valence-electron chi connectivity index (χ0n) is 11.3. The van der Waals surface area contributed by atoms with Crippen molar-refractivity contribution in [2.45, 2.75) is 18.2 Å². The molecular weight excluding hydrogens is 310 g/mol. The van der Waals surface area contributed by atoms with Crippen LogP contribution in [0.2, 0.25) is 0 Å². The highest BCUT2D eigenvalue weighted by molar-refractivity contribution is 9.09. The van der Waals surface area contributed by atoms with Gasteiger partial charge in [-0.3, -0.25) is 4.79 Å². The van der Waals surface area contributed by atoms with Crippen LogP contribution in [-0.2, 0) is 4.74 Å². The molecule has 1 aromatic rings. The SMILES string of the molecule is CCOc1ccccc1C(=O)NCCC(Br)COC. The Hall–Kier alpha value is -1.07. The smallest absolute Gasteiger partial charge is 0.255 e. The van der Waals surface area contributed by atoms with Crippen LogP contribution in [0.5, 0.6) is 5.75 Å². The molecule has 1 amide bonds. The largest absolute Gasteiger partial charge is 0.493 e. The summed E-state index contributed by atoms with van der Waals surface area (Å²) in [6, 6.07) is 7.25. The van der Waals surface area contributed by atoms with Gasteiger partial charge in [-0.05, 0) is 25.5 Å². The molecule has 1 N–H and O–H groups in total. The standard InChI is InChI=1S/C14H20BrNO3/c1-3-19-13-7-5-4-6-12(13)14(17)16-9-8-11(15)10-18-2/h4-7,11H,3,8-10H2,1-2H3,(H,16,17). The van der Waals surface area contributed by atoms with Crippen molar-refractivity contribution in [1.29, 1.82) is 0 Å². The summed E-state index contributed by atoms with van der Waals surface area (Å²) in [5.74, 6) is 0.510. The minimum Gasteiger partial charge on any atom is -0.493 e. The second-order valence-corrected chi connectivity index (χ2v) is 5.32. The van der Waals surface area contributed by atoms with Crippen molar-refractivity contribution < 1.29 is 14.3 Å². The number of alkyl halides is 1. The second-order valence-electron chi connectivity index (χ2n) is 4.03. The quantitative estimate of drug-likeness (QED) is 0.746. The number of methoxy groups -OCH3 is 1. The van der Waals surface area contributed by atoms with E-state index in [2.05, 4.69) is 21.2 Å². The number of rotatable bonds is 8. The molecule has 1 aromatic carbocycles. The fourth-order valence-corrected chi connectivity index (χ4v) is 2.13. The number of amides is 1. The van der Waals surface area contributed by atoms with Crippen molar-refractivity contribution in [2.24, 2.45) is 0 Å². The summed E-state index contributed by atoms with van der Waals surface area (Å²) in [5.41, 5.74) is 0.571. The lowest BCUT2D eigenvalue weighted by molar-refractivity contribution is 0.0948. The number of para-hydroxylation sites is 1. The van der Waals surface area contributed by atoms with E-state index in [4.69, 9.17) is 9.47 Å². The zero-order chi connectivity index (χ0) is 14.1. The average Bonchev–Trinajstić information content (AvgIpc) is 2.40. The van der Waals surface area contributed by atoms with Crippen LogP contribution in [0.1, 0.15) is 23.7 Å². The van der Waals surface area contributed by atoms with Crippen molar-refractivity contribution in [3.05, 3.63) is 29.8 Å². The van der Waals surface area contributed by atoms with E-state index >= 15 is 0 Å². The first-order valence-corrected chi connectivity index (χ1v) is 7.23. The summed E-state index contributed by atoms with van der Waals surface area (Å²) in [6.45, 7) is 3.67. The van der Waals surface area contributed by atoms with Crippen LogP contribution in [0, 0.1) is 0 Å². The maximum absolute atomic E-state index is 12.0. The maximum atomic E-state index is 12.0. The van der Waals surface area contributed by atoms with Gasteiger partial charge in [0.2, 0.25) is 0 Å². The first kappa shape index (κ1) is 16.0. The van der Waals surface area contributed by atoms with E-state index in [0.29, 0.717) is 31.1 Å². The molecule has 0 saturated heterocycles. The van der Waals surface area contributed by atoms with Gasteiger partial charge >= 0.3 is 0 Å². The van der Waals surface area contributed by atoms with Crippen molar-refractivity contribution in [2.75, 3.05) is 26.9 Å². The Bertz CT molecular complexity index is 398. The number of benzene rings is 1. The molecule has 0 fully saturated rings. The zero-order valence-corrected chi connectivity index (χ0v) is 12.9. The lowest BCUT2D eigenvalue weighted by Gasteiger charge is -2.12. The number of hydrogen-bond donors (Lipinski definition) is 1. The number of ether oxygens (including phenoxy) is 2. The summed E-state index contributed by atoms with van der Waals surface area (Å²) in [5, 5.41) is 2.88. The number of carbonyl (C=O) groups is 1. The summed E-state index contributed by atoms with van der Waals surface area (Å²) < 4.78 is 10.5. The van der Waals surface area contributed by atoms with Crippen molar-refractivity contribution in [3.8, 4) is 5.75 Å². The van der Waals surface area contributed by atoms with E-state index in [9.17, 15) is 4.79 Å². The van der Waals surface area contributed by atoms with E-state index in [1.54, 1.807) is 19.2 Å². The van der Waals surface area contributed by atoms with Crippen LogP contribution in [0.25, 0.3) is 0 Å². The summed E-state index contributed by atoms with van der Waals surface area (Å²) in [6.07, 6.45) is 0.816. The topological polar surface area (TPSA) is 47.6 Å². The Morgan fingerprint density at radius 2 is 2.16 bits per heavy atom. The third kappa shape index (κ3) is 5.61. The average molecular weight is 330 g/mol. The number of carbonyl (C=O) groups excluding carboxylic acids is 1. The molecule has 0 aliphatic carbocycles. The van der Waals surface area contributed by atoms with Gasteiger partial charge in [-0.1, -0.05) is 28.1 Å². The Labute approximate surface area is 122 Å². The van der Waals surface area contributed by atoms with Crippen LogP contribution >= 0.6 is 15.9 Å². The van der Waals surface area contributed by atoms with E-state index in [1.165, 1.54) is 0 Å². The molecule has 0 radical (unpaired) electrons. The Morgan fingerprint density at radius 1 is 1.42 bits per heavy atom. The molecular formula is C14H20BrNO3. The van der Waals surface area contributed by atoms with Gasteiger partial charge in [-0.25, -0.2) is 0 Å².